The Labute approximate surface area is 122 Å². The molecular formula is C13H21N3O5. The fourth-order valence-corrected chi connectivity index (χ4v) is 2.23. The van der Waals surface area contributed by atoms with E-state index < -0.39 is 23.5 Å². The molecule has 0 aromatic heterocycles. The van der Waals surface area contributed by atoms with Crippen LogP contribution in [-0.2, 0) is 14.3 Å². The minimum Gasteiger partial charge on any atom is -0.481 e. The second-order valence-electron chi connectivity index (χ2n) is 5.57. The Morgan fingerprint density at radius 3 is 2.43 bits per heavy atom. The van der Waals surface area contributed by atoms with Gasteiger partial charge in [0.25, 0.3) is 0 Å². The lowest BCUT2D eigenvalue weighted by molar-refractivity contribution is -0.143. The number of hydrogen-bond acceptors (Lipinski definition) is 4. The molecule has 3 amide bonds. The topological polar surface area (TPSA) is 108 Å². The number of carboxylic acids is 1. The summed E-state index contributed by atoms with van der Waals surface area (Å²) in [7, 11) is 0. The van der Waals surface area contributed by atoms with E-state index in [1.54, 1.807) is 11.8 Å². The molecule has 1 atom stereocenters. The SMILES string of the molecule is CC(NC(=O)NCC1(C(=O)O)CC1)C(=O)N1CCOCC1. The number of carboxylic acid groups (broad SMARTS) is 1. The van der Waals surface area contributed by atoms with E-state index in [0.29, 0.717) is 39.1 Å². The van der Waals surface area contributed by atoms with Crippen molar-refractivity contribution in [3.63, 3.8) is 0 Å². The summed E-state index contributed by atoms with van der Waals surface area (Å²) < 4.78 is 5.17. The smallest absolute Gasteiger partial charge is 0.315 e. The van der Waals surface area contributed by atoms with Gasteiger partial charge in [-0.2, -0.15) is 0 Å². The molecule has 8 heteroatoms. The third-order valence-corrected chi connectivity index (χ3v) is 3.94. The van der Waals surface area contributed by atoms with Gasteiger partial charge in [-0.15, -0.1) is 0 Å². The maximum Gasteiger partial charge on any atom is 0.315 e. The molecule has 0 spiro atoms. The van der Waals surface area contributed by atoms with E-state index in [9.17, 15) is 14.4 Å². The fraction of sp³-hybridized carbons (Fsp3) is 0.769. The number of nitrogens with one attached hydrogen (secondary N) is 2. The number of nitrogens with zero attached hydrogens (tertiary/aromatic N) is 1. The molecular weight excluding hydrogens is 278 g/mol. The van der Waals surface area contributed by atoms with Gasteiger partial charge in [0, 0.05) is 19.6 Å². The molecule has 21 heavy (non-hydrogen) atoms. The standard InChI is InChI=1S/C13H21N3O5/c1-9(10(17)16-4-6-21-7-5-16)15-12(20)14-8-13(2-3-13)11(18)19/h9H,2-8H2,1H3,(H,18,19)(H2,14,15,20). The van der Waals surface area contributed by atoms with Crippen LogP contribution >= 0.6 is 0 Å². The highest BCUT2D eigenvalue weighted by atomic mass is 16.5. The molecule has 2 rings (SSSR count). The molecule has 118 valence electrons. The Bertz CT molecular complexity index is 430. The molecule has 1 unspecified atom stereocenters. The summed E-state index contributed by atoms with van der Waals surface area (Å²) in [5.74, 6) is -1.05. The molecule has 0 aromatic rings. The maximum atomic E-state index is 12.1. The van der Waals surface area contributed by atoms with Crippen molar-refractivity contribution < 1.29 is 24.2 Å². The Morgan fingerprint density at radius 1 is 1.29 bits per heavy atom. The lowest BCUT2D eigenvalue weighted by Gasteiger charge is -2.29. The van der Waals surface area contributed by atoms with E-state index in [-0.39, 0.29) is 12.5 Å². The van der Waals surface area contributed by atoms with Crippen molar-refractivity contribution in [3.8, 4) is 0 Å². The minimum absolute atomic E-state index is 0.0899. The van der Waals surface area contributed by atoms with Crippen LogP contribution < -0.4 is 10.6 Å². The van der Waals surface area contributed by atoms with Gasteiger partial charge in [0.1, 0.15) is 6.04 Å². The van der Waals surface area contributed by atoms with E-state index in [1.165, 1.54) is 0 Å². The highest BCUT2D eigenvalue weighted by Gasteiger charge is 2.50. The van der Waals surface area contributed by atoms with Gasteiger partial charge in [-0.25, -0.2) is 4.79 Å². The number of carbonyl (C=O) groups excluding carboxylic acids is 2. The largest absolute Gasteiger partial charge is 0.481 e. The van der Waals surface area contributed by atoms with E-state index in [1.807, 2.05) is 0 Å². The lowest BCUT2D eigenvalue weighted by atomic mass is 10.1. The highest BCUT2D eigenvalue weighted by Crippen LogP contribution is 2.45. The minimum atomic E-state index is -0.889. The molecule has 1 aliphatic heterocycles. The van der Waals surface area contributed by atoms with Gasteiger partial charge in [-0.3, -0.25) is 9.59 Å². The van der Waals surface area contributed by atoms with Crippen LogP contribution in [0.25, 0.3) is 0 Å². The highest BCUT2D eigenvalue weighted by molar-refractivity contribution is 5.87. The Balaban J connectivity index is 1.74. The average molecular weight is 299 g/mol. The number of ether oxygens (including phenoxy) is 1. The number of rotatable bonds is 5. The number of aliphatic carboxylic acids is 1. The molecule has 8 nitrogen and oxygen atoms in total. The molecule has 1 saturated heterocycles. The zero-order valence-corrected chi connectivity index (χ0v) is 12.1. The first kappa shape index (κ1) is 15.6. The van der Waals surface area contributed by atoms with Gasteiger partial charge in [0.2, 0.25) is 5.91 Å². The van der Waals surface area contributed by atoms with Gasteiger partial charge in [0.05, 0.1) is 18.6 Å². The summed E-state index contributed by atoms with van der Waals surface area (Å²) >= 11 is 0. The second-order valence-corrected chi connectivity index (χ2v) is 5.57. The number of hydrogen-bond donors (Lipinski definition) is 3. The van der Waals surface area contributed by atoms with Crippen molar-refractivity contribution in [3.05, 3.63) is 0 Å². The van der Waals surface area contributed by atoms with Crippen LogP contribution in [-0.4, -0.2) is 66.8 Å². The molecule has 0 bridgehead atoms. The van der Waals surface area contributed by atoms with E-state index in [2.05, 4.69) is 10.6 Å². The molecule has 0 radical (unpaired) electrons. The maximum absolute atomic E-state index is 12.1. The summed E-state index contributed by atoms with van der Waals surface area (Å²) in [5, 5.41) is 14.1. The van der Waals surface area contributed by atoms with Gasteiger partial charge >= 0.3 is 12.0 Å². The van der Waals surface area contributed by atoms with Crippen LogP contribution in [0.4, 0.5) is 4.79 Å². The first-order valence-corrected chi connectivity index (χ1v) is 7.09. The van der Waals surface area contributed by atoms with Crippen molar-refractivity contribution in [1.82, 2.24) is 15.5 Å². The van der Waals surface area contributed by atoms with Gasteiger partial charge in [-0.1, -0.05) is 0 Å². The summed E-state index contributed by atoms with van der Waals surface area (Å²) in [4.78, 5) is 36.5. The summed E-state index contributed by atoms with van der Waals surface area (Å²) in [6.07, 6.45) is 1.15. The first-order chi connectivity index (χ1) is 9.94. The van der Waals surface area contributed by atoms with E-state index in [4.69, 9.17) is 9.84 Å². The third-order valence-electron chi connectivity index (χ3n) is 3.94. The lowest BCUT2D eigenvalue weighted by Crippen LogP contribution is -2.53. The third kappa shape index (κ3) is 3.84. The Hall–Kier alpha value is -1.83. The van der Waals surface area contributed by atoms with Crippen molar-refractivity contribution in [2.24, 2.45) is 5.41 Å². The Kier molecular flexibility index (Phi) is 4.66. The number of morpholine rings is 1. The molecule has 1 aliphatic carbocycles. The molecule has 0 aromatic carbocycles. The summed E-state index contributed by atoms with van der Waals surface area (Å²) in [6.45, 7) is 3.76. The van der Waals surface area contributed by atoms with Crippen LogP contribution in [0.15, 0.2) is 0 Å². The number of amides is 3. The van der Waals surface area contributed by atoms with Crippen molar-refractivity contribution in [2.75, 3.05) is 32.8 Å². The number of urea groups is 1. The van der Waals surface area contributed by atoms with Crippen LogP contribution in [0.2, 0.25) is 0 Å². The van der Waals surface area contributed by atoms with Crippen molar-refractivity contribution in [2.45, 2.75) is 25.8 Å². The first-order valence-electron chi connectivity index (χ1n) is 7.09. The van der Waals surface area contributed by atoms with Crippen LogP contribution in [0.1, 0.15) is 19.8 Å². The van der Waals surface area contributed by atoms with Gasteiger partial charge in [-0.05, 0) is 19.8 Å². The zero-order valence-electron chi connectivity index (χ0n) is 12.1. The van der Waals surface area contributed by atoms with Gasteiger partial charge < -0.3 is 25.4 Å². The predicted octanol–water partition coefficient (Wildman–Crippen LogP) is -0.602. The predicted molar refractivity (Wildman–Crippen MR) is 72.7 cm³/mol. The molecule has 1 heterocycles. The van der Waals surface area contributed by atoms with E-state index >= 15 is 0 Å². The fourth-order valence-electron chi connectivity index (χ4n) is 2.23. The molecule has 1 saturated carbocycles. The zero-order chi connectivity index (χ0) is 15.5. The summed E-state index contributed by atoms with van der Waals surface area (Å²) in [6, 6.07) is -1.17. The summed E-state index contributed by atoms with van der Waals surface area (Å²) in [5.41, 5.74) is -0.811. The van der Waals surface area contributed by atoms with Crippen molar-refractivity contribution in [1.29, 1.82) is 0 Å². The molecule has 2 fully saturated rings. The quantitative estimate of drug-likeness (QED) is 0.628. The Morgan fingerprint density at radius 2 is 1.90 bits per heavy atom. The normalized spacial score (nSPS) is 21.3. The van der Waals surface area contributed by atoms with Crippen LogP contribution in [0.3, 0.4) is 0 Å². The van der Waals surface area contributed by atoms with E-state index in [0.717, 1.165) is 0 Å². The number of carbonyl (C=O) groups is 3. The molecule has 3 N–H and O–H groups in total. The second kappa shape index (κ2) is 6.30. The monoisotopic (exact) mass is 299 g/mol. The van der Waals surface area contributed by atoms with Gasteiger partial charge in [0.15, 0.2) is 0 Å². The van der Waals surface area contributed by atoms with Crippen molar-refractivity contribution >= 4 is 17.9 Å². The average Bonchev–Trinajstić information content (AvgIpc) is 3.26. The van der Waals surface area contributed by atoms with Crippen LogP contribution in [0.5, 0.6) is 0 Å². The molecule has 2 aliphatic rings. The van der Waals surface area contributed by atoms with Crippen LogP contribution in [0, 0.1) is 5.41 Å².